The van der Waals surface area contributed by atoms with Crippen molar-refractivity contribution in [3.8, 4) is 0 Å². The SMILES string of the molecule is Brc1cccc(C2OCCCC2CNC2CC2)c1. The van der Waals surface area contributed by atoms with Crippen LogP contribution in [0.1, 0.15) is 37.4 Å². The molecule has 1 aromatic rings. The quantitative estimate of drug-likeness (QED) is 0.916. The largest absolute Gasteiger partial charge is 0.373 e. The number of nitrogens with one attached hydrogen (secondary N) is 1. The Morgan fingerprint density at radius 3 is 2.94 bits per heavy atom. The summed E-state index contributed by atoms with van der Waals surface area (Å²) in [6.45, 7) is 2.00. The molecule has 2 fully saturated rings. The molecule has 0 bridgehead atoms. The lowest BCUT2D eigenvalue weighted by Gasteiger charge is -2.32. The van der Waals surface area contributed by atoms with Gasteiger partial charge in [-0.2, -0.15) is 0 Å². The summed E-state index contributed by atoms with van der Waals surface area (Å²) < 4.78 is 7.17. The summed E-state index contributed by atoms with van der Waals surface area (Å²) in [4.78, 5) is 0. The lowest BCUT2D eigenvalue weighted by Crippen LogP contribution is -2.32. The number of halogens is 1. The number of ether oxygens (including phenoxy) is 1. The van der Waals surface area contributed by atoms with Crippen LogP contribution >= 0.6 is 15.9 Å². The van der Waals surface area contributed by atoms with Gasteiger partial charge in [0.1, 0.15) is 0 Å². The monoisotopic (exact) mass is 309 g/mol. The Morgan fingerprint density at radius 2 is 2.17 bits per heavy atom. The van der Waals surface area contributed by atoms with Crippen LogP contribution < -0.4 is 5.32 Å². The molecule has 0 radical (unpaired) electrons. The fourth-order valence-corrected chi connectivity index (χ4v) is 3.13. The molecule has 0 aromatic heterocycles. The Hall–Kier alpha value is -0.380. The first kappa shape index (κ1) is 12.6. The van der Waals surface area contributed by atoms with Crippen LogP contribution in [0.5, 0.6) is 0 Å². The Balaban J connectivity index is 1.69. The summed E-state index contributed by atoms with van der Waals surface area (Å²) in [5.74, 6) is 0.619. The topological polar surface area (TPSA) is 21.3 Å². The average Bonchev–Trinajstić information content (AvgIpc) is 3.21. The van der Waals surface area contributed by atoms with Gasteiger partial charge in [0.05, 0.1) is 6.10 Å². The van der Waals surface area contributed by atoms with Gasteiger partial charge < -0.3 is 10.1 Å². The molecule has 1 aliphatic carbocycles. The van der Waals surface area contributed by atoms with Gasteiger partial charge in [-0.3, -0.25) is 0 Å². The highest BCUT2D eigenvalue weighted by Gasteiger charge is 2.29. The summed E-state index contributed by atoms with van der Waals surface area (Å²) in [6.07, 6.45) is 5.45. The summed E-state index contributed by atoms with van der Waals surface area (Å²) in [7, 11) is 0. The van der Waals surface area contributed by atoms with E-state index in [4.69, 9.17) is 4.74 Å². The Labute approximate surface area is 117 Å². The van der Waals surface area contributed by atoms with Gasteiger partial charge in [0.25, 0.3) is 0 Å². The van der Waals surface area contributed by atoms with Gasteiger partial charge in [-0.15, -0.1) is 0 Å². The van der Waals surface area contributed by atoms with Crippen LogP contribution in [0.2, 0.25) is 0 Å². The Bertz CT molecular complexity index is 405. The van der Waals surface area contributed by atoms with E-state index in [0.29, 0.717) is 5.92 Å². The molecule has 1 heterocycles. The van der Waals surface area contributed by atoms with E-state index < -0.39 is 0 Å². The van der Waals surface area contributed by atoms with Crippen LogP contribution in [0.25, 0.3) is 0 Å². The first-order valence-electron chi connectivity index (χ1n) is 6.93. The van der Waals surface area contributed by atoms with E-state index in [-0.39, 0.29) is 6.10 Å². The highest BCUT2D eigenvalue weighted by atomic mass is 79.9. The van der Waals surface area contributed by atoms with Crippen LogP contribution in [0.3, 0.4) is 0 Å². The number of hydrogen-bond acceptors (Lipinski definition) is 2. The van der Waals surface area contributed by atoms with Gasteiger partial charge in [0.2, 0.25) is 0 Å². The lowest BCUT2D eigenvalue weighted by molar-refractivity contribution is -0.0278. The zero-order chi connectivity index (χ0) is 12.4. The van der Waals surface area contributed by atoms with Crippen LogP contribution in [-0.4, -0.2) is 19.2 Å². The van der Waals surface area contributed by atoms with Crippen molar-refractivity contribution in [3.05, 3.63) is 34.3 Å². The smallest absolute Gasteiger partial charge is 0.0865 e. The van der Waals surface area contributed by atoms with Crippen molar-refractivity contribution in [3.63, 3.8) is 0 Å². The second kappa shape index (κ2) is 5.72. The molecule has 1 aliphatic heterocycles. The molecular formula is C15H20BrNO. The van der Waals surface area contributed by atoms with Crippen LogP contribution in [0.4, 0.5) is 0 Å². The van der Waals surface area contributed by atoms with Gasteiger partial charge in [0, 0.05) is 29.6 Å². The predicted octanol–water partition coefficient (Wildman–Crippen LogP) is 3.67. The Kier molecular flexibility index (Phi) is 4.02. The van der Waals surface area contributed by atoms with Crippen LogP contribution in [-0.2, 0) is 4.74 Å². The third kappa shape index (κ3) is 3.14. The van der Waals surface area contributed by atoms with E-state index in [9.17, 15) is 0 Å². The molecular weight excluding hydrogens is 290 g/mol. The van der Waals surface area contributed by atoms with E-state index >= 15 is 0 Å². The number of rotatable bonds is 4. The molecule has 2 aliphatic rings. The highest BCUT2D eigenvalue weighted by Crippen LogP contribution is 2.34. The standard InChI is InChI=1S/C15H20BrNO/c16-13-5-1-3-11(9-13)15-12(4-2-8-18-15)10-17-14-6-7-14/h1,3,5,9,12,14-15,17H,2,4,6-8,10H2. The number of hydrogen-bond donors (Lipinski definition) is 1. The zero-order valence-corrected chi connectivity index (χ0v) is 12.2. The van der Waals surface area contributed by atoms with Gasteiger partial charge in [0.15, 0.2) is 0 Å². The van der Waals surface area contributed by atoms with E-state index in [1.807, 2.05) is 0 Å². The van der Waals surface area contributed by atoms with Crippen molar-refractivity contribution < 1.29 is 4.74 Å². The van der Waals surface area contributed by atoms with Gasteiger partial charge in [-0.05, 0) is 43.4 Å². The fraction of sp³-hybridized carbons (Fsp3) is 0.600. The number of benzene rings is 1. The molecule has 3 heteroatoms. The zero-order valence-electron chi connectivity index (χ0n) is 10.6. The molecule has 0 spiro atoms. The molecule has 3 rings (SSSR count). The van der Waals surface area contributed by atoms with Crippen LogP contribution in [0.15, 0.2) is 28.7 Å². The molecule has 2 atom stereocenters. The highest BCUT2D eigenvalue weighted by molar-refractivity contribution is 9.10. The molecule has 1 N–H and O–H groups in total. The minimum Gasteiger partial charge on any atom is -0.373 e. The summed E-state index contributed by atoms with van der Waals surface area (Å²) in [5, 5.41) is 3.65. The third-order valence-electron chi connectivity index (χ3n) is 3.87. The van der Waals surface area contributed by atoms with Gasteiger partial charge >= 0.3 is 0 Å². The molecule has 2 unspecified atom stereocenters. The lowest BCUT2D eigenvalue weighted by atomic mass is 9.89. The molecule has 1 aromatic carbocycles. The normalized spacial score (nSPS) is 28.3. The molecule has 1 saturated heterocycles. The van der Waals surface area contributed by atoms with Crippen molar-refractivity contribution in [1.29, 1.82) is 0 Å². The second-order valence-corrected chi connectivity index (χ2v) is 6.35. The average molecular weight is 310 g/mol. The van der Waals surface area contributed by atoms with Crippen molar-refractivity contribution in [2.75, 3.05) is 13.2 Å². The van der Waals surface area contributed by atoms with Gasteiger partial charge in [-0.25, -0.2) is 0 Å². The minimum absolute atomic E-state index is 0.266. The maximum Gasteiger partial charge on any atom is 0.0865 e. The van der Waals surface area contributed by atoms with E-state index in [0.717, 1.165) is 23.7 Å². The van der Waals surface area contributed by atoms with Crippen molar-refractivity contribution in [2.45, 2.75) is 37.8 Å². The Morgan fingerprint density at radius 1 is 1.28 bits per heavy atom. The van der Waals surface area contributed by atoms with Crippen molar-refractivity contribution in [2.24, 2.45) is 5.92 Å². The summed E-state index contributed by atoms with van der Waals surface area (Å²) in [5.41, 5.74) is 1.31. The van der Waals surface area contributed by atoms with E-state index in [2.05, 4.69) is 45.5 Å². The maximum absolute atomic E-state index is 6.02. The molecule has 2 nitrogen and oxygen atoms in total. The van der Waals surface area contributed by atoms with Crippen LogP contribution in [0, 0.1) is 5.92 Å². The van der Waals surface area contributed by atoms with Crippen molar-refractivity contribution >= 4 is 15.9 Å². The predicted molar refractivity (Wildman–Crippen MR) is 76.6 cm³/mol. The summed E-state index contributed by atoms with van der Waals surface area (Å²) >= 11 is 3.55. The third-order valence-corrected chi connectivity index (χ3v) is 4.36. The fourth-order valence-electron chi connectivity index (χ4n) is 2.71. The second-order valence-electron chi connectivity index (χ2n) is 5.43. The minimum atomic E-state index is 0.266. The molecule has 1 saturated carbocycles. The van der Waals surface area contributed by atoms with Crippen molar-refractivity contribution in [1.82, 2.24) is 5.32 Å². The molecule has 98 valence electrons. The first-order valence-corrected chi connectivity index (χ1v) is 7.72. The molecule has 18 heavy (non-hydrogen) atoms. The summed E-state index contributed by atoms with van der Waals surface area (Å²) in [6, 6.07) is 9.34. The van der Waals surface area contributed by atoms with Gasteiger partial charge in [-0.1, -0.05) is 28.1 Å². The van der Waals surface area contributed by atoms with E-state index in [1.165, 1.54) is 31.2 Å². The first-order chi connectivity index (χ1) is 8.83. The maximum atomic E-state index is 6.02. The van der Waals surface area contributed by atoms with E-state index in [1.54, 1.807) is 0 Å². The molecule has 0 amide bonds.